The van der Waals surface area contributed by atoms with E-state index in [9.17, 15) is 4.79 Å². The second-order valence-corrected chi connectivity index (χ2v) is 7.40. The molecule has 0 bridgehead atoms. The van der Waals surface area contributed by atoms with Crippen LogP contribution in [0.1, 0.15) is 40.0 Å². The van der Waals surface area contributed by atoms with Crippen LogP contribution < -0.4 is 10.6 Å². The van der Waals surface area contributed by atoms with Gasteiger partial charge < -0.3 is 10.6 Å². The summed E-state index contributed by atoms with van der Waals surface area (Å²) >= 11 is 0. The summed E-state index contributed by atoms with van der Waals surface area (Å²) in [5.41, 5.74) is 5.40. The fourth-order valence-corrected chi connectivity index (χ4v) is 3.63. The van der Waals surface area contributed by atoms with E-state index in [4.69, 9.17) is 0 Å². The predicted molar refractivity (Wildman–Crippen MR) is 111 cm³/mol. The molecule has 28 heavy (non-hydrogen) atoms. The molecule has 2 aromatic carbocycles. The van der Waals surface area contributed by atoms with Crippen molar-refractivity contribution in [2.45, 2.75) is 32.2 Å². The van der Waals surface area contributed by atoms with Crippen molar-refractivity contribution in [3.8, 4) is 11.3 Å². The van der Waals surface area contributed by atoms with Crippen LogP contribution in [0.4, 0.5) is 5.95 Å². The number of anilines is 1. The highest BCUT2D eigenvalue weighted by Crippen LogP contribution is 2.46. The first-order chi connectivity index (χ1) is 13.5. The van der Waals surface area contributed by atoms with Gasteiger partial charge in [0.25, 0.3) is 5.91 Å². The molecule has 0 atom stereocenters. The number of aryl methyl sites for hydroxylation is 2. The van der Waals surface area contributed by atoms with Crippen LogP contribution in [-0.2, 0) is 5.54 Å². The number of rotatable bonds is 5. The lowest BCUT2D eigenvalue weighted by Gasteiger charge is -2.20. The van der Waals surface area contributed by atoms with E-state index in [0.717, 1.165) is 29.8 Å². The monoisotopic (exact) mass is 372 g/mol. The highest BCUT2D eigenvalue weighted by molar-refractivity contribution is 5.96. The minimum absolute atomic E-state index is 0.0535. The third-order valence-electron chi connectivity index (χ3n) is 5.26. The molecule has 4 rings (SSSR count). The Bertz CT molecular complexity index is 1040. The molecule has 5 heteroatoms. The minimum atomic E-state index is -0.233. The maximum atomic E-state index is 13.0. The smallest absolute Gasteiger partial charge is 0.251 e. The zero-order valence-electron chi connectivity index (χ0n) is 16.4. The molecular formula is C23H24N4O. The van der Waals surface area contributed by atoms with Gasteiger partial charge in [0.1, 0.15) is 0 Å². The van der Waals surface area contributed by atoms with Crippen LogP contribution in [0.3, 0.4) is 0 Å². The highest BCUT2D eigenvalue weighted by Gasteiger charge is 2.46. The van der Waals surface area contributed by atoms with E-state index in [1.54, 1.807) is 7.05 Å². The first-order valence-electron chi connectivity index (χ1n) is 9.53. The fourth-order valence-electron chi connectivity index (χ4n) is 3.63. The van der Waals surface area contributed by atoms with E-state index in [2.05, 4.69) is 39.7 Å². The van der Waals surface area contributed by atoms with Crippen LogP contribution in [0.2, 0.25) is 0 Å². The Morgan fingerprint density at radius 1 is 1.00 bits per heavy atom. The third kappa shape index (κ3) is 3.48. The van der Waals surface area contributed by atoms with Crippen molar-refractivity contribution in [2.24, 2.45) is 0 Å². The molecular weight excluding hydrogens is 348 g/mol. The van der Waals surface area contributed by atoms with Crippen molar-refractivity contribution in [3.63, 3.8) is 0 Å². The summed E-state index contributed by atoms with van der Waals surface area (Å²) in [6.07, 6.45) is 1.94. The van der Waals surface area contributed by atoms with Crippen LogP contribution in [0.5, 0.6) is 0 Å². The number of aromatic nitrogens is 2. The van der Waals surface area contributed by atoms with Crippen LogP contribution in [0, 0.1) is 13.8 Å². The van der Waals surface area contributed by atoms with Crippen molar-refractivity contribution in [2.75, 3.05) is 12.4 Å². The summed E-state index contributed by atoms with van der Waals surface area (Å²) in [5, 5.41) is 6.25. The summed E-state index contributed by atoms with van der Waals surface area (Å²) < 4.78 is 0. The Labute approximate surface area is 165 Å². The quantitative estimate of drug-likeness (QED) is 0.704. The third-order valence-corrected chi connectivity index (χ3v) is 5.26. The Hall–Kier alpha value is -3.21. The predicted octanol–water partition coefficient (Wildman–Crippen LogP) is 4.22. The van der Waals surface area contributed by atoms with Crippen LogP contribution in [-0.4, -0.2) is 22.9 Å². The number of nitrogens with one attached hydrogen (secondary N) is 2. The van der Waals surface area contributed by atoms with Crippen LogP contribution in [0.15, 0.2) is 54.6 Å². The number of carbonyl (C=O) groups is 1. The van der Waals surface area contributed by atoms with E-state index in [0.29, 0.717) is 11.5 Å². The summed E-state index contributed by atoms with van der Waals surface area (Å²) in [5.74, 6) is 0.517. The van der Waals surface area contributed by atoms with Gasteiger partial charge in [-0.3, -0.25) is 4.79 Å². The molecule has 1 heterocycles. The number of hydrogen-bond donors (Lipinski definition) is 2. The highest BCUT2D eigenvalue weighted by atomic mass is 16.1. The molecule has 1 aliphatic rings. The SMILES string of the molecule is CNc1nc(C)cc(-c2cccc(C(=O)NC3(c4ccccc4C)CC3)c2)n1. The van der Waals surface area contributed by atoms with Gasteiger partial charge in [0.05, 0.1) is 11.2 Å². The van der Waals surface area contributed by atoms with Gasteiger partial charge in [0.15, 0.2) is 0 Å². The Kier molecular flexibility index (Phi) is 4.59. The molecule has 142 valence electrons. The zero-order chi connectivity index (χ0) is 19.7. The molecule has 1 amide bonds. The number of benzene rings is 2. The molecule has 1 fully saturated rings. The summed E-state index contributed by atoms with van der Waals surface area (Å²) in [7, 11) is 1.79. The van der Waals surface area contributed by atoms with Crippen LogP contribution >= 0.6 is 0 Å². The Morgan fingerprint density at radius 3 is 2.50 bits per heavy atom. The molecule has 0 unspecified atom stereocenters. The van der Waals surface area contributed by atoms with E-state index >= 15 is 0 Å². The van der Waals surface area contributed by atoms with Gasteiger partial charge in [-0.25, -0.2) is 9.97 Å². The maximum Gasteiger partial charge on any atom is 0.251 e. The first kappa shape index (κ1) is 18.2. The molecule has 2 N–H and O–H groups in total. The van der Waals surface area contributed by atoms with Crippen molar-refractivity contribution >= 4 is 11.9 Å². The van der Waals surface area contributed by atoms with Gasteiger partial charge in [0.2, 0.25) is 5.95 Å². The van der Waals surface area contributed by atoms with Gasteiger partial charge in [-0.15, -0.1) is 0 Å². The summed E-state index contributed by atoms with van der Waals surface area (Å²) in [6.45, 7) is 4.03. The van der Waals surface area contributed by atoms with Crippen molar-refractivity contribution in [1.29, 1.82) is 0 Å². The molecule has 0 radical (unpaired) electrons. The largest absolute Gasteiger partial charge is 0.357 e. The Morgan fingerprint density at radius 2 is 1.79 bits per heavy atom. The van der Waals surface area contributed by atoms with Gasteiger partial charge in [0, 0.05) is 23.9 Å². The van der Waals surface area contributed by atoms with E-state index in [1.807, 2.05) is 49.4 Å². The first-order valence-corrected chi connectivity index (χ1v) is 9.53. The van der Waals surface area contributed by atoms with Gasteiger partial charge in [-0.2, -0.15) is 0 Å². The zero-order valence-corrected chi connectivity index (χ0v) is 16.4. The van der Waals surface area contributed by atoms with Gasteiger partial charge in [-0.1, -0.05) is 36.4 Å². The summed E-state index contributed by atoms with van der Waals surface area (Å²) in [4.78, 5) is 21.8. The second-order valence-electron chi connectivity index (χ2n) is 7.40. The van der Waals surface area contributed by atoms with Crippen molar-refractivity contribution in [1.82, 2.24) is 15.3 Å². The lowest BCUT2D eigenvalue weighted by Crippen LogP contribution is -2.35. The Balaban J connectivity index is 1.61. The molecule has 0 saturated heterocycles. The van der Waals surface area contributed by atoms with Gasteiger partial charge in [-0.05, 0) is 56.0 Å². The van der Waals surface area contributed by atoms with Crippen molar-refractivity contribution < 1.29 is 4.79 Å². The molecule has 1 saturated carbocycles. The van der Waals surface area contributed by atoms with E-state index in [-0.39, 0.29) is 11.4 Å². The standard InChI is InChI=1S/C23H24N4O/c1-15-7-4-5-10-19(15)23(11-12-23)27-21(28)18-9-6-8-17(14-18)20-13-16(2)25-22(24-3)26-20/h4-10,13-14H,11-12H2,1-3H3,(H,27,28)(H,24,25,26). The average molecular weight is 372 g/mol. The van der Waals surface area contributed by atoms with Crippen molar-refractivity contribution in [3.05, 3.63) is 77.0 Å². The lowest BCUT2D eigenvalue weighted by molar-refractivity contribution is 0.0931. The number of amides is 1. The molecule has 3 aromatic rings. The van der Waals surface area contributed by atoms with Crippen LogP contribution in [0.25, 0.3) is 11.3 Å². The maximum absolute atomic E-state index is 13.0. The lowest BCUT2D eigenvalue weighted by atomic mass is 9.98. The average Bonchev–Trinajstić information content (AvgIpc) is 3.48. The topological polar surface area (TPSA) is 66.9 Å². The molecule has 0 spiro atoms. The molecule has 1 aliphatic carbocycles. The minimum Gasteiger partial charge on any atom is -0.357 e. The number of nitrogens with zero attached hydrogens (tertiary/aromatic N) is 2. The number of carbonyl (C=O) groups excluding carboxylic acids is 1. The second kappa shape index (κ2) is 7.08. The fraction of sp³-hybridized carbons (Fsp3) is 0.261. The molecule has 1 aromatic heterocycles. The van der Waals surface area contributed by atoms with E-state index < -0.39 is 0 Å². The summed E-state index contributed by atoms with van der Waals surface area (Å²) in [6, 6.07) is 17.8. The number of hydrogen-bond acceptors (Lipinski definition) is 4. The normalized spacial score (nSPS) is 14.4. The molecule has 5 nitrogen and oxygen atoms in total. The van der Waals surface area contributed by atoms with E-state index in [1.165, 1.54) is 11.1 Å². The molecule has 0 aliphatic heterocycles. The van der Waals surface area contributed by atoms with Gasteiger partial charge >= 0.3 is 0 Å².